The Bertz CT molecular complexity index is 518. The van der Waals surface area contributed by atoms with Crippen LogP contribution < -0.4 is 5.32 Å². The quantitative estimate of drug-likeness (QED) is 0.763. The fraction of sp³-hybridized carbons (Fsp3) is 0.308. The lowest BCUT2D eigenvalue weighted by Crippen LogP contribution is -2.13. The molecule has 3 rings (SSSR count). The predicted octanol–water partition coefficient (Wildman–Crippen LogP) is 3.31. The molecule has 0 radical (unpaired) electrons. The molecule has 0 bridgehead atoms. The molecule has 3 heteroatoms. The number of fused-ring (bicyclic) bond motifs is 1. The molecule has 2 aromatic rings. The first-order valence-electron chi connectivity index (χ1n) is 5.63. The Morgan fingerprint density at radius 2 is 2.19 bits per heavy atom. The molecule has 1 aromatic heterocycles. The number of para-hydroxylation sites is 1. The molecule has 0 amide bonds. The molecule has 0 saturated carbocycles. The van der Waals surface area contributed by atoms with Crippen molar-refractivity contribution in [2.24, 2.45) is 0 Å². The number of pyridine rings is 1. The van der Waals surface area contributed by atoms with Gasteiger partial charge in [-0.2, -0.15) is 0 Å². The number of hydrogen-bond donors (Lipinski definition) is 1. The number of nitrogens with zero attached hydrogens (tertiary/aromatic N) is 1. The summed E-state index contributed by atoms with van der Waals surface area (Å²) in [6.07, 6.45) is 2.37. The van der Waals surface area contributed by atoms with E-state index in [1.54, 1.807) is 0 Å². The molecule has 1 aliphatic heterocycles. The van der Waals surface area contributed by atoms with Crippen LogP contribution in [-0.4, -0.2) is 11.5 Å². The SMILES string of the molecule is Clc1nc2ccccc2cc1C1CCCN1. The Morgan fingerprint density at radius 3 is 3.00 bits per heavy atom. The summed E-state index contributed by atoms with van der Waals surface area (Å²) < 4.78 is 0. The second-order valence-electron chi connectivity index (χ2n) is 4.21. The van der Waals surface area contributed by atoms with E-state index < -0.39 is 0 Å². The monoisotopic (exact) mass is 232 g/mol. The van der Waals surface area contributed by atoms with Crippen LogP contribution in [0.3, 0.4) is 0 Å². The zero-order chi connectivity index (χ0) is 11.0. The molecule has 82 valence electrons. The van der Waals surface area contributed by atoms with Gasteiger partial charge in [-0.3, -0.25) is 0 Å². The standard InChI is InChI=1S/C13H13ClN2/c14-13-10(12-6-3-7-15-12)8-9-4-1-2-5-11(9)16-13/h1-2,4-5,8,12,15H,3,6-7H2. The van der Waals surface area contributed by atoms with Gasteiger partial charge in [0, 0.05) is 17.0 Å². The molecule has 1 unspecified atom stereocenters. The lowest BCUT2D eigenvalue weighted by atomic mass is 10.1. The van der Waals surface area contributed by atoms with Gasteiger partial charge in [0.1, 0.15) is 5.15 Å². The molecule has 0 aliphatic carbocycles. The zero-order valence-corrected chi connectivity index (χ0v) is 9.67. The minimum Gasteiger partial charge on any atom is -0.310 e. The minimum absolute atomic E-state index is 0.379. The third-order valence-electron chi connectivity index (χ3n) is 3.14. The molecule has 0 spiro atoms. The fourth-order valence-electron chi connectivity index (χ4n) is 2.30. The molecule has 1 aromatic carbocycles. The van der Waals surface area contributed by atoms with E-state index >= 15 is 0 Å². The van der Waals surface area contributed by atoms with Crippen LogP contribution in [0, 0.1) is 0 Å². The van der Waals surface area contributed by atoms with Gasteiger partial charge in [-0.05, 0) is 31.5 Å². The van der Waals surface area contributed by atoms with E-state index in [0.717, 1.165) is 29.4 Å². The lowest BCUT2D eigenvalue weighted by Gasteiger charge is -2.12. The molecule has 1 N–H and O–H groups in total. The van der Waals surface area contributed by atoms with Crippen molar-refractivity contribution < 1.29 is 0 Å². The van der Waals surface area contributed by atoms with E-state index in [-0.39, 0.29) is 0 Å². The first-order valence-corrected chi connectivity index (χ1v) is 6.01. The predicted molar refractivity (Wildman–Crippen MR) is 66.7 cm³/mol. The van der Waals surface area contributed by atoms with E-state index in [0.29, 0.717) is 11.2 Å². The fourth-order valence-corrected chi connectivity index (χ4v) is 2.58. The van der Waals surface area contributed by atoms with Gasteiger partial charge in [0.15, 0.2) is 0 Å². The minimum atomic E-state index is 0.379. The molecule has 2 heterocycles. The van der Waals surface area contributed by atoms with Crippen LogP contribution >= 0.6 is 11.6 Å². The van der Waals surface area contributed by atoms with Gasteiger partial charge in [0.2, 0.25) is 0 Å². The molecular formula is C13H13ClN2. The number of nitrogens with one attached hydrogen (secondary N) is 1. The van der Waals surface area contributed by atoms with Crippen LogP contribution in [0.15, 0.2) is 30.3 Å². The molecular weight excluding hydrogens is 220 g/mol. The molecule has 1 aliphatic rings. The average Bonchev–Trinajstić information content (AvgIpc) is 2.81. The van der Waals surface area contributed by atoms with Crippen molar-refractivity contribution in [1.82, 2.24) is 10.3 Å². The number of hydrogen-bond acceptors (Lipinski definition) is 2. The second-order valence-corrected chi connectivity index (χ2v) is 4.57. The summed E-state index contributed by atoms with van der Waals surface area (Å²) in [6.45, 7) is 1.08. The highest BCUT2D eigenvalue weighted by Gasteiger charge is 2.19. The smallest absolute Gasteiger partial charge is 0.134 e. The summed E-state index contributed by atoms with van der Waals surface area (Å²) in [6, 6.07) is 10.6. The Balaban J connectivity index is 2.13. The van der Waals surface area contributed by atoms with E-state index in [1.165, 1.54) is 6.42 Å². The van der Waals surface area contributed by atoms with E-state index in [4.69, 9.17) is 11.6 Å². The molecule has 16 heavy (non-hydrogen) atoms. The highest BCUT2D eigenvalue weighted by Crippen LogP contribution is 2.30. The number of halogens is 1. The maximum atomic E-state index is 6.23. The van der Waals surface area contributed by atoms with E-state index in [9.17, 15) is 0 Å². The van der Waals surface area contributed by atoms with Crippen molar-refractivity contribution >= 4 is 22.5 Å². The Morgan fingerprint density at radius 1 is 1.31 bits per heavy atom. The highest BCUT2D eigenvalue weighted by molar-refractivity contribution is 6.30. The van der Waals surface area contributed by atoms with Crippen molar-refractivity contribution in [3.05, 3.63) is 41.0 Å². The van der Waals surface area contributed by atoms with Gasteiger partial charge >= 0.3 is 0 Å². The Hall–Kier alpha value is -1.12. The lowest BCUT2D eigenvalue weighted by molar-refractivity contribution is 0.646. The average molecular weight is 233 g/mol. The number of aromatic nitrogens is 1. The van der Waals surface area contributed by atoms with E-state index in [1.807, 2.05) is 18.2 Å². The Kier molecular flexibility index (Phi) is 2.54. The topological polar surface area (TPSA) is 24.9 Å². The van der Waals surface area contributed by atoms with Gasteiger partial charge in [-0.15, -0.1) is 0 Å². The summed E-state index contributed by atoms with van der Waals surface area (Å²) in [5.74, 6) is 0. The maximum Gasteiger partial charge on any atom is 0.134 e. The summed E-state index contributed by atoms with van der Waals surface area (Å²) in [4.78, 5) is 4.45. The normalized spacial score (nSPS) is 20.4. The van der Waals surface area contributed by atoms with Gasteiger partial charge in [0.25, 0.3) is 0 Å². The summed E-state index contributed by atoms with van der Waals surface area (Å²) in [7, 11) is 0. The zero-order valence-electron chi connectivity index (χ0n) is 8.91. The van der Waals surface area contributed by atoms with Crippen LogP contribution in [0.5, 0.6) is 0 Å². The molecule has 2 nitrogen and oxygen atoms in total. The number of benzene rings is 1. The molecule has 1 saturated heterocycles. The Labute approximate surface area is 99.6 Å². The third-order valence-corrected chi connectivity index (χ3v) is 3.44. The largest absolute Gasteiger partial charge is 0.310 e. The van der Waals surface area contributed by atoms with Crippen molar-refractivity contribution in [3.8, 4) is 0 Å². The summed E-state index contributed by atoms with van der Waals surface area (Å²) >= 11 is 6.23. The highest BCUT2D eigenvalue weighted by atomic mass is 35.5. The van der Waals surface area contributed by atoms with Crippen LogP contribution in [-0.2, 0) is 0 Å². The van der Waals surface area contributed by atoms with Crippen LogP contribution in [0.1, 0.15) is 24.4 Å². The second kappa shape index (κ2) is 4.04. The summed E-state index contributed by atoms with van der Waals surface area (Å²) in [5, 5.41) is 5.25. The van der Waals surface area contributed by atoms with Crippen molar-refractivity contribution in [2.45, 2.75) is 18.9 Å². The van der Waals surface area contributed by atoms with Gasteiger partial charge < -0.3 is 5.32 Å². The maximum absolute atomic E-state index is 6.23. The van der Waals surface area contributed by atoms with Gasteiger partial charge in [0.05, 0.1) is 5.52 Å². The molecule has 1 atom stereocenters. The van der Waals surface area contributed by atoms with E-state index in [2.05, 4.69) is 22.4 Å². The first-order chi connectivity index (χ1) is 7.84. The van der Waals surface area contributed by atoms with Crippen LogP contribution in [0.25, 0.3) is 10.9 Å². The van der Waals surface area contributed by atoms with Crippen LogP contribution in [0.2, 0.25) is 5.15 Å². The van der Waals surface area contributed by atoms with Gasteiger partial charge in [-0.25, -0.2) is 4.98 Å². The third kappa shape index (κ3) is 1.68. The van der Waals surface area contributed by atoms with Crippen molar-refractivity contribution in [1.29, 1.82) is 0 Å². The first kappa shape index (κ1) is 10.1. The summed E-state index contributed by atoms with van der Waals surface area (Å²) in [5.41, 5.74) is 2.10. The van der Waals surface area contributed by atoms with Crippen molar-refractivity contribution in [2.75, 3.05) is 6.54 Å². The van der Waals surface area contributed by atoms with Gasteiger partial charge in [-0.1, -0.05) is 29.8 Å². The number of rotatable bonds is 1. The van der Waals surface area contributed by atoms with Crippen LogP contribution in [0.4, 0.5) is 0 Å². The van der Waals surface area contributed by atoms with Crippen molar-refractivity contribution in [3.63, 3.8) is 0 Å². The molecule has 1 fully saturated rings.